The van der Waals surface area contributed by atoms with E-state index in [1.54, 1.807) is 7.11 Å². The van der Waals surface area contributed by atoms with Gasteiger partial charge in [0.15, 0.2) is 11.5 Å². The molecule has 0 aliphatic heterocycles. The van der Waals surface area contributed by atoms with Gasteiger partial charge in [-0.05, 0) is 54.3 Å². The molecule has 2 rings (SSSR count). The molecule has 0 heterocycles. The van der Waals surface area contributed by atoms with E-state index in [0.717, 1.165) is 12.0 Å². The van der Waals surface area contributed by atoms with E-state index in [-0.39, 0.29) is 11.7 Å². The van der Waals surface area contributed by atoms with E-state index in [1.807, 2.05) is 18.2 Å². The summed E-state index contributed by atoms with van der Waals surface area (Å²) in [5, 5.41) is 2.81. The highest BCUT2D eigenvalue weighted by Gasteiger charge is 2.09. The third-order valence-electron chi connectivity index (χ3n) is 3.74. The zero-order chi connectivity index (χ0) is 18.2. The van der Waals surface area contributed by atoms with Gasteiger partial charge in [-0.15, -0.1) is 0 Å². The molecular formula is C20H24FNO3. The van der Waals surface area contributed by atoms with Gasteiger partial charge in [-0.3, -0.25) is 4.79 Å². The van der Waals surface area contributed by atoms with Crippen LogP contribution in [0, 0.1) is 11.7 Å². The first kappa shape index (κ1) is 18.8. The normalized spacial score (nSPS) is 10.6. The standard InChI is InChI=1S/C20H24FNO3/c1-14(2)10-11-25-18-9-4-15(12-19(18)24-3)13-22-20(23)16-5-7-17(21)8-6-16/h4-9,12,14H,10-11,13H2,1-3H3,(H,22,23). The number of carbonyl (C=O) groups is 1. The summed E-state index contributed by atoms with van der Waals surface area (Å²) in [6.07, 6.45) is 0.971. The Kier molecular flexibility index (Phi) is 6.81. The minimum absolute atomic E-state index is 0.253. The maximum atomic E-state index is 12.9. The quantitative estimate of drug-likeness (QED) is 0.780. The average Bonchev–Trinajstić information content (AvgIpc) is 2.60. The van der Waals surface area contributed by atoms with Gasteiger partial charge in [0.2, 0.25) is 0 Å². The lowest BCUT2D eigenvalue weighted by molar-refractivity contribution is 0.0951. The number of amides is 1. The first-order valence-electron chi connectivity index (χ1n) is 8.33. The molecule has 0 fully saturated rings. The van der Waals surface area contributed by atoms with Crippen molar-refractivity contribution in [3.8, 4) is 11.5 Å². The third-order valence-corrected chi connectivity index (χ3v) is 3.74. The molecule has 0 unspecified atom stereocenters. The van der Waals surface area contributed by atoms with E-state index < -0.39 is 0 Å². The number of rotatable bonds is 8. The smallest absolute Gasteiger partial charge is 0.251 e. The second kappa shape index (κ2) is 9.06. The van der Waals surface area contributed by atoms with Gasteiger partial charge in [-0.1, -0.05) is 19.9 Å². The zero-order valence-corrected chi connectivity index (χ0v) is 14.8. The lowest BCUT2D eigenvalue weighted by atomic mass is 10.1. The van der Waals surface area contributed by atoms with Gasteiger partial charge in [-0.25, -0.2) is 4.39 Å². The fraction of sp³-hybridized carbons (Fsp3) is 0.350. The summed E-state index contributed by atoms with van der Waals surface area (Å²) < 4.78 is 24.0. The van der Waals surface area contributed by atoms with Crippen molar-refractivity contribution >= 4 is 5.91 Å². The number of hydrogen-bond donors (Lipinski definition) is 1. The first-order valence-corrected chi connectivity index (χ1v) is 8.33. The van der Waals surface area contributed by atoms with Crippen molar-refractivity contribution in [3.63, 3.8) is 0 Å². The summed E-state index contributed by atoms with van der Waals surface area (Å²) in [7, 11) is 1.59. The Bertz CT molecular complexity index is 699. The Morgan fingerprint density at radius 2 is 1.84 bits per heavy atom. The molecule has 0 saturated carbocycles. The largest absolute Gasteiger partial charge is 0.493 e. The second-order valence-electron chi connectivity index (χ2n) is 6.21. The van der Waals surface area contributed by atoms with Crippen LogP contribution in [-0.2, 0) is 6.54 Å². The van der Waals surface area contributed by atoms with Crippen molar-refractivity contribution in [1.29, 1.82) is 0 Å². The molecule has 25 heavy (non-hydrogen) atoms. The molecule has 5 heteroatoms. The van der Waals surface area contributed by atoms with Crippen LogP contribution in [0.2, 0.25) is 0 Å². The first-order chi connectivity index (χ1) is 12.0. The van der Waals surface area contributed by atoms with Crippen LogP contribution in [0.3, 0.4) is 0 Å². The summed E-state index contributed by atoms with van der Waals surface area (Å²) in [4.78, 5) is 12.1. The third kappa shape index (κ3) is 5.78. The van der Waals surface area contributed by atoms with Crippen molar-refractivity contribution in [2.75, 3.05) is 13.7 Å². The number of hydrogen-bond acceptors (Lipinski definition) is 3. The maximum absolute atomic E-state index is 12.9. The maximum Gasteiger partial charge on any atom is 0.251 e. The Morgan fingerprint density at radius 1 is 1.12 bits per heavy atom. The number of ether oxygens (including phenoxy) is 2. The molecule has 1 amide bonds. The van der Waals surface area contributed by atoms with Crippen molar-refractivity contribution in [2.45, 2.75) is 26.8 Å². The van der Waals surface area contributed by atoms with Gasteiger partial charge in [0, 0.05) is 12.1 Å². The fourth-order valence-electron chi connectivity index (χ4n) is 2.23. The lowest BCUT2D eigenvalue weighted by Crippen LogP contribution is -2.22. The van der Waals surface area contributed by atoms with Crippen LogP contribution in [0.5, 0.6) is 11.5 Å². The van der Waals surface area contributed by atoms with Gasteiger partial charge < -0.3 is 14.8 Å². The summed E-state index contributed by atoms with van der Waals surface area (Å²) in [5.41, 5.74) is 1.31. The predicted octanol–water partition coefficient (Wildman–Crippen LogP) is 4.19. The lowest BCUT2D eigenvalue weighted by Gasteiger charge is -2.13. The zero-order valence-electron chi connectivity index (χ0n) is 14.8. The Labute approximate surface area is 148 Å². The molecule has 0 aliphatic carbocycles. The molecule has 4 nitrogen and oxygen atoms in total. The van der Waals surface area contributed by atoms with E-state index in [1.165, 1.54) is 24.3 Å². The summed E-state index contributed by atoms with van der Waals surface area (Å²) in [6.45, 7) is 5.27. The molecule has 0 saturated heterocycles. The molecule has 2 aromatic rings. The highest BCUT2D eigenvalue weighted by Crippen LogP contribution is 2.28. The molecule has 0 atom stereocenters. The van der Waals surface area contributed by atoms with Crippen LogP contribution in [0.4, 0.5) is 4.39 Å². The van der Waals surface area contributed by atoms with E-state index in [9.17, 15) is 9.18 Å². The number of nitrogens with one attached hydrogen (secondary N) is 1. The van der Waals surface area contributed by atoms with Gasteiger partial charge in [-0.2, -0.15) is 0 Å². The van der Waals surface area contributed by atoms with Crippen LogP contribution >= 0.6 is 0 Å². The van der Waals surface area contributed by atoms with E-state index >= 15 is 0 Å². The van der Waals surface area contributed by atoms with Crippen LogP contribution in [0.25, 0.3) is 0 Å². The molecule has 2 aromatic carbocycles. The number of methoxy groups -OCH3 is 1. The average molecular weight is 345 g/mol. The molecule has 134 valence electrons. The number of halogens is 1. The van der Waals surface area contributed by atoms with Gasteiger partial charge in [0.05, 0.1) is 13.7 Å². The van der Waals surface area contributed by atoms with Crippen molar-refractivity contribution < 1.29 is 18.7 Å². The summed E-state index contributed by atoms with van der Waals surface area (Å²) in [5.74, 6) is 1.28. The molecule has 0 aromatic heterocycles. The molecule has 0 bridgehead atoms. The minimum Gasteiger partial charge on any atom is -0.493 e. The number of carbonyl (C=O) groups excluding carboxylic acids is 1. The van der Waals surface area contributed by atoms with Crippen molar-refractivity contribution in [1.82, 2.24) is 5.32 Å². The monoisotopic (exact) mass is 345 g/mol. The van der Waals surface area contributed by atoms with Gasteiger partial charge >= 0.3 is 0 Å². The minimum atomic E-state index is -0.366. The van der Waals surface area contributed by atoms with Crippen LogP contribution in [0.1, 0.15) is 36.2 Å². The van der Waals surface area contributed by atoms with Gasteiger partial charge in [0.1, 0.15) is 5.82 Å². The van der Waals surface area contributed by atoms with E-state index in [4.69, 9.17) is 9.47 Å². The van der Waals surface area contributed by atoms with E-state index in [2.05, 4.69) is 19.2 Å². The van der Waals surface area contributed by atoms with Crippen LogP contribution in [0.15, 0.2) is 42.5 Å². The second-order valence-corrected chi connectivity index (χ2v) is 6.21. The molecule has 1 N–H and O–H groups in total. The fourth-order valence-corrected chi connectivity index (χ4v) is 2.23. The summed E-state index contributed by atoms with van der Waals surface area (Å²) in [6, 6.07) is 11.0. The van der Waals surface area contributed by atoms with Crippen LogP contribution in [-0.4, -0.2) is 19.6 Å². The topological polar surface area (TPSA) is 47.6 Å². The van der Waals surface area contributed by atoms with Crippen LogP contribution < -0.4 is 14.8 Å². The Hall–Kier alpha value is -2.56. The predicted molar refractivity (Wildman–Crippen MR) is 95.5 cm³/mol. The summed E-state index contributed by atoms with van der Waals surface area (Å²) >= 11 is 0. The Balaban J connectivity index is 1.95. The van der Waals surface area contributed by atoms with Crippen molar-refractivity contribution in [3.05, 3.63) is 59.4 Å². The molecular weight excluding hydrogens is 321 g/mol. The van der Waals surface area contributed by atoms with Crippen molar-refractivity contribution in [2.24, 2.45) is 5.92 Å². The molecule has 0 aliphatic rings. The number of benzene rings is 2. The van der Waals surface area contributed by atoms with E-state index in [0.29, 0.717) is 36.1 Å². The van der Waals surface area contributed by atoms with Gasteiger partial charge in [0.25, 0.3) is 5.91 Å². The molecule has 0 spiro atoms. The molecule has 0 radical (unpaired) electrons. The highest BCUT2D eigenvalue weighted by molar-refractivity contribution is 5.94. The highest BCUT2D eigenvalue weighted by atomic mass is 19.1. The Morgan fingerprint density at radius 3 is 2.48 bits per heavy atom. The SMILES string of the molecule is COc1cc(CNC(=O)c2ccc(F)cc2)ccc1OCCC(C)C.